The number of fused-ring (bicyclic) bond motifs is 1. The number of carbonyl (C=O) groups excluding carboxylic acids is 2. The number of nitrogens with one attached hydrogen (secondary N) is 3. The van der Waals surface area contributed by atoms with Crippen molar-refractivity contribution in [3.8, 4) is 0 Å². The molecule has 0 saturated heterocycles. The Morgan fingerprint density at radius 2 is 1.88 bits per heavy atom. The van der Waals surface area contributed by atoms with Crippen LogP contribution in [0.5, 0.6) is 0 Å². The van der Waals surface area contributed by atoms with Gasteiger partial charge < -0.3 is 20.6 Å². The third-order valence-electron chi connectivity index (χ3n) is 7.15. The summed E-state index contributed by atoms with van der Waals surface area (Å²) in [6, 6.07) is 9.14. The van der Waals surface area contributed by atoms with Gasteiger partial charge in [0.1, 0.15) is 0 Å². The Labute approximate surface area is 196 Å². The summed E-state index contributed by atoms with van der Waals surface area (Å²) in [6.45, 7) is 4.25. The Hall–Kier alpha value is -2.52. The van der Waals surface area contributed by atoms with Gasteiger partial charge in [0.15, 0.2) is 5.82 Å². The Morgan fingerprint density at radius 1 is 1.21 bits per heavy atom. The molecule has 1 aromatic heterocycles. The van der Waals surface area contributed by atoms with Gasteiger partial charge in [0.2, 0.25) is 5.91 Å². The molecule has 0 spiro atoms. The standard InChI is InChI=1S/C24H35N5O3S/c1-23(2)19-17(20(28-27-19)26-21(31)24(12-13-24)33(3,4)5)15-29(23)22(32)25-18(11-14-30)16-9-7-6-8-10-16/h6-10,18,30H,11-15H2,1-5H3,(H,25,32)(H2,26,27,28,31)/t18-/m1/s1. The fraction of sp³-hybridized carbons (Fsp3) is 0.542. The maximum atomic E-state index is 13.3. The summed E-state index contributed by atoms with van der Waals surface area (Å²) in [6.07, 6.45) is 8.79. The average Bonchev–Trinajstić information content (AvgIpc) is 3.43. The molecule has 180 valence electrons. The molecule has 1 saturated carbocycles. The van der Waals surface area contributed by atoms with Gasteiger partial charge in [-0.2, -0.15) is 5.10 Å². The van der Waals surface area contributed by atoms with E-state index in [1.54, 1.807) is 4.90 Å². The molecule has 2 aliphatic rings. The van der Waals surface area contributed by atoms with Gasteiger partial charge >= 0.3 is 6.03 Å². The molecule has 8 nitrogen and oxygen atoms in total. The number of aromatic nitrogens is 2. The van der Waals surface area contributed by atoms with E-state index in [0.717, 1.165) is 29.7 Å². The number of urea groups is 1. The number of nitrogens with zero attached hydrogens (tertiary/aromatic N) is 2. The number of aliphatic hydroxyl groups is 1. The van der Waals surface area contributed by atoms with Crippen LogP contribution in [0, 0.1) is 0 Å². The lowest BCUT2D eigenvalue weighted by atomic mass is 10.0. The molecule has 0 bridgehead atoms. The highest BCUT2D eigenvalue weighted by Crippen LogP contribution is 2.64. The maximum absolute atomic E-state index is 13.3. The number of hydrogen-bond acceptors (Lipinski definition) is 4. The number of aromatic amines is 1. The first kappa shape index (κ1) is 23.6. The van der Waals surface area contributed by atoms with Crippen LogP contribution in [0.2, 0.25) is 0 Å². The van der Waals surface area contributed by atoms with Crippen LogP contribution < -0.4 is 10.6 Å². The van der Waals surface area contributed by atoms with Crippen LogP contribution in [-0.4, -0.2) is 62.3 Å². The van der Waals surface area contributed by atoms with Gasteiger partial charge in [-0.3, -0.25) is 9.89 Å². The summed E-state index contributed by atoms with van der Waals surface area (Å²) in [7, 11) is -1.05. The molecule has 1 fully saturated rings. The average molecular weight is 474 g/mol. The van der Waals surface area contributed by atoms with E-state index in [4.69, 9.17) is 0 Å². The molecule has 4 N–H and O–H groups in total. The van der Waals surface area contributed by atoms with Gasteiger partial charge in [-0.1, -0.05) is 30.3 Å². The quantitative estimate of drug-likeness (QED) is 0.494. The largest absolute Gasteiger partial charge is 0.396 e. The Morgan fingerprint density at radius 3 is 2.45 bits per heavy atom. The molecule has 1 aliphatic carbocycles. The van der Waals surface area contributed by atoms with Crippen LogP contribution in [0.15, 0.2) is 30.3 Å². The monoisotopic (exact) mass is 473 g/mol. The number of hydrogen-bond donors (Lipinski definition) is 4. The molecule has 2 aromatic rings. The van der Waals surface area contributed by atoms with Gasteiger partial charge in [0.05, 0.1) is 28.6 Å². The molecule has 1 atom stereocenters. The molecule has 9 heteroatoms. The van der Waals surface area contributed by atoms with Crippen LogP contribution in [0.1, 0.15) is 56.0 Å². The van der Waals surface area contributed by atoms with Crippen molar-refractivity contribution in [1.82, 2.24) is 20.4 Å². The summed E-state index contributed by atoms with van der Waals surface area (Å²) in [4.78, 5) is 28.2. The highest BCUT2D eigenvalue weighted by atomic mass is 32.3. The van der Waals surface area contributed by atoms with Gasteiger partial charge in [-0.25, -0.2) is 14.8 Å². The van der Waals surface area contributed by atoms with E-state index < -0.39 is 15.6 Å². The molecule has 1 aromatic carbocycles. The molecule has 4 rings (SSSR count). The van der Waals surface area contributed by atoms with Crippen LogP contribution in [0.4, 0.5) is 10.6 Å². The number of aliphatic hydroxyl groups excluding tert-OH is 1. The van der Waals surface area contributed by atoms with Crippen molar-refractivity contribution in [2.75, 3.05) is 30.7 Å². The molecular weight excluding hydrogens is 438 g/mol. The van der Waals surface area contributed by atoms with Crippen LogP contribution in [0.3, 0.4) is 0 Å². The zero-order chi connectivity index (χ0) is 24.0. The number of rotatable bonds is 7. The number of amides is 3. The van der Waals surface area contributed by atoms with Crippen molar-refractivity contribution in [1.29, 1.82) is 0 Å². The lowest BCUT2D eigenvalue weighted by molar-refractivity contribution is -0.116. The van der Waals surface area contributed by atoms with Crippen molar-refractivity contribution in [2.45, 2.75) is 56.0 Å². The van der Waals surface area contributed by atoms with Crippen LogP contribution >= 0.6 is 10.0 Å². The lowest BCUT2D eigenvalue weighted by Crippen LogP contribution is -2.47. The molecule has 33 heavy (non-hydrogen) atoms. The normalized spacial score (nSPS) is 19.5. The van der Waals surface area contributed by atoms with E-state index in [-0.39, 0.29) is 29.3 Å². The van der Waals surface area contributed by atoms with Gasteiger partial charge in [0, 0.05) is 12.2 Å². The zero-order valence-corrected chi connectivity index (χ0v) is 20.9. The number of carbonyl (C=O) groups is 2. The third-order valence-corrected chi connectivity index (χ3v) is 10.1. The number of anilines is 1. The van der Waals surface area contributed by atoms with Crippen molar-refractivity contribution < 1.29 is 14.7 Å². The minimum absolute atomic E-state index is 0.0279. The summed E-state index contributed by atoms with van der Waals surface area (Å²) >= 11 is 0. The highest BCUT2D eigenvalue weighted by Gasteiger charge is 2.56. The molecule has 3 amide bonds. The molecule has 2 heterocycles. The fourth-order valence-electron chi connectivity index (χ4n) is 4.76. The van der Waals surface area contributed by atoms with Crippen molar-refractivity contribution >= 4 is 27.8 Å². The van der Waals surface area contributed by atoms with E-state index >= 15 is 0 Å². The number of benzene rings is 1. The minimum Gasteiger partial charge on any atom is -0.396 e. The smallest absolute Gasteiger partial charge is 0.318 e. The Balaban J connectivity index is 1.52. The maximum Gasteiger partial charge on any atom is 0.318 e. The SMILES string of the molecule is CC1(C)c2[nH]nc(NC(=O)C3(S(C)(C)C)CC3)c2CN1C(=O)N[C@H](CCO)c1ccccc1. The molecule has 0 unspecified atom stereocenters. The second kappa shape index (κ2) is 8.36. The van der Waals surface area contributed by atoms with E-state index in [1.807, 2.05) is 44.2 Å². The first-order valence-electron chi connectivity index (χ1n) is 11.3. The van der Waals surface area contributed by atoms with Gasteiger partial charge in [-0.15, -0.1) is 0 Å². The Kier molecular flexibility index (Phi) is 5.99. The minimum atomic E-state index is -1.05. The highest BCUT2D eigenvalue weighted by molar-refractivity contribution is 8.34. The zero-order valence-electron chi connectivity index (χ0n) is 20.1. The predicted octanol–water partition coefficient (Wildman–Crippen LogP) is 3.46. The van der Waals surface area contributed by atoms with Crippen molar-refractivity contribution in [3.63, 3.8) is 0 Å². The summed E-state index contributed by atoms with van der Waals surface area (Å²) in [5, 5.41) is 23.1. The fourth-order valence-corrected chi connectivity index (χ4v) is 6.70. The number of H-pyrrole nitrogens is 1. The molecule has 0 radical (unpaired) electrons. The van der Waals surface area contributed by atoms with E-state index in [0.29, 0.717) is 18.8 Å². The topological polar surface area (TPSA) is 110 Å². The summed E-state index contributed by atoms with van der Waals surface area (Å²) in [5.41, 5.74) is 2.01. The van der Waals surface area contributed by atoms with Gasteiger partial charge in [-0.05, 0) is 57.4 Å². The van der Waals surface area contributed by atoms with Crippen LogP contribution in [-0.2, 0) is 16.9 Å². The van der Waals surface area contributed by atoms with E-state index in [1.165, 1.54) is 0 Å². The molecular formula is C24H35N5O3S. The third kappa shape index (κ3) is 4.12. The van der Waals surface area contributed by atoms with Crippen LogP contribution in [0.25, 0.3) is 0 Å². The van der Waals surface area contributed by atoms with E-state index in [2.05, 4.69) is 39.6 Å². The first-order valence-corrected chi connectivity index (χ1v) is 14.2. The molecule has 1 aliphatic heterocycles. The lowest BCUT2D eigenvalue weighted by Gasteiger charge is -2.35. The van der Waals surface area contributed by atoms with Crippen molar-refractivity contribution in [2.24, 2.45) is 0 Å². The predicted molar refractivity (Wildman–Crippen MR) is 133 cm³/mol. The Bertz CT molecular complexity index is 1040. The second-order valence-corrected chi connectivity index (χ2v) is 14.7. The van der Waals surface area contributed by atoms with E-state index in [9.17, 15) is 14.7 Å². The first-order chi connectivity index (χ1) is 15.5. The second-order valence-electron chi connectivity index (χ2n) is 10.3. The van der Waals surface area contributed by atoms with Gasteiger partial charge in [0.25, 0.3) is 0 Å². The summed E-state index contributed by atoms with van der Waals surface area (Å²) in [5.74, 6) is 0.551. The summed E-state index contributed by atoms with van der Waals surface area (Å²) < 4.78 is -0.281. The van der Waals surface area contributed by atoms with Crippen molar-refractivity contribution in [3.05, 3.63) is 47.2 Å².